The summed E-state index contributed by atoms with van der Waals surface area (Å²) in [7, 11) is 0. The van der Waals surface area contributed by atoms with Crippen LogP contribution in [0, 0.1) is 11.3 Å². The molecule has 3 aliphatic rings. The summed E-state index contributed by atoms with van der Waals surface area (Å²) in [5, 5.41) is 3.07. The quantitative estimate of drug-likeness (QED) is 0.758. The highest BCUT2D eigenvalue weighted by molar-refractivity contribution is 7.98. The summed E-state index contributed by atoms with van der Waals surface area (Å²) >= 11 is 1.69. The molecule has 1 N–H and O–H groups in total. The number of para-hydroxylation sites is 1. The fraction of sp³-hybridized carbons (Fsp3) is 0.417. The third-order valence-corrected chi connectivity index (χ3v) is 7.60. The Kier molecular flexibility index (Phi) is 4.97. The molecule has 1 saturated carbocycles. The third-order valence-electron chi connectivity index (χ3n) is 6.86. The molecule has 30 heavy (non-hydrogen) atoms. The molecular formula is C24H26N2O3S. The third kappa shape index (κ3) is 3.58. The topological polar surface area (TPSA) is 58.6 Å². The van der Waals surface area contributed by atoms with Crippen molar-refractivity contribution in [2.24, 2.45) is 11.3 Å². The summed E-state index contributed by atoms with van der Waals surface area (Å²) in [6, 6.07) is 15.8. The predicted octanol–water partition coefficient (Wildman–Crippen LogP) is 3.98. The molecule has 5 rings (SSSR count). The van der Waals surface area contributed by atoms with Crippen molar-refractivity contribution in [1.29, 1.82) is 0 Å². The maximum atomic E-state index is 12.9. The van der Waals surface area contributed by atoms with Gasteiger partial charge in [0.1, 0.15) is 5.75 Å². The molecule has 2 heterocycles. The van der Waals surface area contributed by atoms with Crippen LogP contribution in [0.4, 0.5) is 5.69 Å². The van der Waals surface area contributed by atoms with Crippen LogP contribution in [0.1, 0.15) is 24.8 Å². The van der Waals surface area contributed by atoms with E-state index in [4.69, 9.17) is 4.74 Å². The molecule has 1 saturated heterocycles. The predicted molar refractivity (Wildman–Crippen MR) is 118 cm³/mol. The molecular weight excluding hydrogens is 396 g/mol. The number of ether oxygens (including phenoxy) is 1. The zero-order valence-electron chi connectivity index (χ0n) is 17.1. The number of hydrogen-bond acceptors (Lipinski definition) is 4. The van der Waals surface area contributed by atoms with E-state index in [1.54, 1.807) is 11.8 Å². The molecule has 0 radical (unpaired) electrons. The fourth-order valence-electron chi connectivity index (χ4n) is 4.87. The van der Waals surface area contributed by atoms with Gasteiger partial charge >= 0.3 is 0 Å². The molecule has 0 unspecified atom stereocenters. The molecule has 5 nitrogen and oxygen atoms in total. The van der Waals surface area contributed by atoms with E-state index in [1.807, 2.05) is 59.7 Å². The Morgan fingerprint density at radius 1 is 1.10 bits per heavy atom. The molecule has 0 aromatic heterocycles. The second-order valence-electron chi connectivity index (χ2n) is 8.58. The van der Waals surface area contributed by atoms with Crippen LogP contribution in [0.3, 0.4) is 0 Å². The molecule has 2 amide bonds. The first kappa shape index (κ1) is 19.5. The van der Waals surface area contributed by atoms with Crippen LogP contribution in [0.15, 0.2) is 53.4 Å². The van der Waals surface area contributed by atoms with Gasteiger partial charge in [-0.2, -0.15) is 0 Å². The second kappa shape index (κ2) is 7.65. The van der Waals surface area contributed by atoms with E-state index in [-0.39, 0.29) is 23.1 Å². The molecule has 1 spiro atoms. The largest absolute Gasteiger partial charge is 0.480 e. The lowest BCUT2D eigenvalue weighted by atomic mass is 9.90. The molecule has 156 valence electrons. The first-order valence-corrected chi connectivity index (χ1v) is 11.8. The number of benzene rings is 2. The summed E-state index contributed by atoms with van der Waals surface area (Å²) in [5.74, 6) is 1.08. The van der Waals surface area contributed by atoms with E-state index >= 15 is 0 Å². The monoisotopic (exact) mass is 422 g/mol. The lowest BCUT2D eigenvalue weighted by Crippen LogP contribution is -2.46. The van der Waals surface area contributed by atoms with E-state index in [2.05, 4.69) is 5.32 Å². The zero-order valence-corrected chi connectivity index (χ0v) is 17.9. The molecule has 1 aliphatic carbocycles. The molecule has 0 bridgehead atoms. The molecule has 2 aromatic carbocycles. The van der Waals surface area contributed by atoms with Crippen molar-refractivity contribution in [3.63, 3.8) is 0 Å². The number of anilines is 1. The van der Waals surface area contributed by atoms with Crippen LogP contribution >= 0.6 is 11.8 Å². The number of hydrogen-bond donors (Lipinski definition) is 1. The van der Waals surface area contributed by atoms with Gasteiger partial charge in [-0.25, -0.2) is 0 Å². The highest BCUT2D eigenvalue weighted by Gasteiger charge is 2.59. The minimum Gasteiger partial charge on any atom is -0.480 e. The number of carbonyl (C=O) groups excluding carboxylic acids is 2. The van der Waals surface area contributed by atoms with Gasteiger partial charge in [0.2, 0.25) is 5.91 Å². The smallest absolute Gasteiger partial charge is 0.263 e. The van der Waals surface area contributed by atoms with Crippen LogP contribution < -0.4 is 10.1 Å². The molecule has 2 atom stereocenters. The normalized spacial score (nSPS) is 23.6. The number of piperidine rings is 1. The Morgan fingerprint density at radius 3 is 2.53 bits per heavy atom. The number of thioether (sulfide) groups is 1. The van der Waals surface area contributed by atoms with Crippen molar-refractivity contribution in [3.05, 3.63) is 54.1 Å². The summed E-state index contributed by atoms with van der Waals surface area (Å²) < 4.78 is 5.87. The number of nitrogens with one attached hydrogen (secondary N) is 1. The number of amides is 2. The van der Waals surface area contributed by atoms with Crippen LogP contribution in [0.2, 0.25) is 0 Å². The summed E-state index contributed by atoms with van der Waals surface area (Å²) in [6.45, 7) is 1.42. The maximum absolute atomic E-state index is 12.9. The SMILES string of the molecule is CSc1ccc(NC(=O)[C@H]2CC23CCN(C(=O)[C@H]2Cc4ccccc4O2)CC3)cc1. The summed E-state index contributed by atoms with van der Waals surface area (Å²) in [6.07, 6.45) is 4.99. The number of rotatable bonds is 4. The van der Waals surface area contributed by atoms with E-state index in [0.717, 1.165) is 36.3 Å². The Labute approximate surface area is 181 Å². The van der Waals surface area contributed by atoms with Gasteiger partial charge in [0.05, 0.1) is 0 Å². The van der Waals surface area contributed by atoms with E-state index in [0.29, 0.717) is 19.5 Å². The van der Waals surface area contributed by atoms with Crippen molar-refractivity contribution in [3.8, 4) is 5.75 Å². The summed E-state index contributed by atoms with van der Waals surface area (Å²) in [4.78, 5) is 28.8. The summed E-state index contributed by atoms with van der Waals surface area (Å²) in [5.41, 5.74) is 2.03. The zero-order chi connectivity index (χ0) is 20.7. The molecule has 2 fully saturated rings. The molecule has 2 aromatic rings. The Bertz CT molecular complexity index is 942. The van der Waals surface area contributed by atoms with E-state index in [1.165, 1.54) is 4.90 Å². The van der Waals surface area contributed by atoms with Crippen LogP contribution in [0.25, 0.3) is 0 Å². The van der Waals surface area contributed by atoms with E-state index in [9.17, 15) is 9.59 Å². The van der Waals surface area contributed by atoms with Crippen LogP contribution in [-0.2, 0) is 16.0 Å². The second-order valence-corrected chi connectivity index (χ2v) is 9.46. The van der Waals surface area contributed by atoms with Crippen molar-refractivity contribution < 1.29 is 14.3 Å². The van der Waals surface area contributed by atoms with Crippen LogP contribution in [0.5, 0.6) is 5.75 Å². The maximum Gasteiger partial charge on any atom is 0.263 e. The van der Waals surface area contributed by atoms with Gasteiger partial charge in [0.15, 0.2) is 6.10 Å². The van der Waals surface area contributed by atoms with Crippen molar-refractivity contribution in [2.45, 2.75) is 36.7 Å². The Balaban J connectivity index is 1.14. The first-order chi connectivity index (χ1) is 14.6. The average molecular weight is 423 g/mol. The Morgan fingerprint density at radius 2 is 1.83 bits per heavy atom. The van der Waals surface area contributed by atoms with E-state index < -0.39 is 6.10 Å². The fourth-order valence-corrected chi connectivity index (χ4v) is 5.28. The van der Waals surface area contributed by atoms with Gasteiger partial charge in [-0.15, -0.1) is 11.8 Å². The first-order valence-electron chi connectivity index (χ1n) is 10.6. The van der Waals surface area contributed by atoms with Crippen molar-refractivity contribution in [1.82, 2.24) is 4.90 Å². The van der Waals surface area contributed by atoms with Gasteiger partial charge in [0, 0.05) is 36.0 Å². The molecule has 6 heteroatoms. The Hall–Kier alpha value is -2.47. The van der Waals surface area contributed by atoms with Gasteiger partial charge in [-0.05, 0) is 66.8 Å². The number of carbonyl (C=O) groups is 2. The van der Waals surface area contributed by atoms with Gasteiger partial charge in [-0.3, -0.25) is 9.59 Å². The average Bonchev–Trinajstić information content (AvgIpc) is 3.30. The minimum atomic E-state index is -0.404. The van der Waals surface area contributed by atoms with Gasteiger partial charge in [0.25, 0.3) is 5.91 Å². The highest BCUT2D eigenvalue weighted by Crippen LogP contribution is 2.59. The lowest BCUT2D eigenvalue weighted by Gasteiger charge is -2.34. The van der Waals surface area contributed by atoms with Crippen molar-refractivity contribution in [2.75, 3.05) is 24.7 Å². The molecule has 2 aliphatic heterocycles. The minimum absolute atomic E-state index is 0.0574. The number of nitrogens with zero attached hydrogens (tertiary/aromatic N) is 1. The number of fused-ring (bicyclic) bond motifs is 1. The van der Waals surface area contributed by atoms with Crippen molar-refractivity contribution >= 4 is 29.3 Å². The van der Waals surface area contributed by atoms with Gasteiger partial charge in [-0.1, -0.05) is 18.2 Å². The van der Waals surface area contributed by atoms with Gasteiger partial charge < -0.3 is 15.0 Å². The lowest BCUT2D eigenvalue weighted by molar-refractivity contribution is -0.139. The van der Waals surface area contributed by atoms with Crippen LogP contribution in [-0.4, -0.2) is 42.2 Å². The highest BCUT2D eigenvalue weighted by atomic mass is 32.2. The standard InChI is InChI=1S/C24H26N2O3S/c1-30-18-8-6-17(7-9-18)25-22(27)19-15-24(19)10-12-26(13-11-24)23(28)21-14-16-4-2-3-5-20(16)29-21/h2-9,19,21H,10-15H2,1H3,(H,25,27)/t19-,21-/m1/s1. The number of likely N-dealkylation sites (tertiary alicyclic amines) is 1.